The lowest BCUT2D eigenvalue weighted by Crippen LogP contribution is -2.50. The van der Waals surface area contributed by atoms with Crippen molar-refractivity contribution in [1.82, 2.24) is 20.5 Å². The molecule has 0 saturated carbocycles. The molecule has 176 valence electrons. The Labute approximate surface area is 199 Å². The summed E-state index contributed by atoms with van der Waals surface area (Å²) < 4.78 is 13.9. The minimum atomic E-state index is -0.379. The summed E-state index contributed by atoms with van der Waals surface area (Å²) in [4.78, 5) is 32.0. The van der Waals surface area contributed by atoms with E-state index in [9.17, 15) is 14.0 Å². The van der Waals surface area contributed by atoms with Crippen LogP contribution in [-0.2, 0) is 17.9 Å². The average Bonchev–Trinajstić information content (AvgIpc) is 2.88. The van der Waals surface area contributed by atoms with Gasteiger partial charge in [0.05, 0.1) is 18.2 Å². The first-order valence-corrected chi connectivity index (χ1v) is 11.5. The van der Waals surface area contributed by atoms with Gasteiger partial charge in [0.2, 0.25) is 5.91 Å². The van der Waals surface area contributed by atoms with Crippen molar-refractivity contribution >= 4 is 11.9 Å². The standard InChI is InChI=1S/C27H29FN4O2/c1-19-13-21(10-11-25(19)28)22-14-23(26(33)30-16-24-9-5-6-12-29-24)18-32(17-22)27(34)31-15-20-7-3-2-4-8-20/h2-13,22-23H,14-18H2,1H3,(H,30,33)(H,31,34)/t22-,23-/m1/s1. The molecule has 1 aliphatic rings. The zero-order valence-corrected chi connectivity index (χ0v) is 19.2. The number of likely N-dealkylation sites (tertiary alicyclic amines) is 1. The molecule has 4 rings (SSSR count). The third-order valence-corrected chi connectivity index (χ3v) is 6.22. The number of hydrogen-bond donors (Lipinski definition) is 2. The Balaban J connectivity index is 1.47. The first-order chi connectivity index (χ1) is 16.5. The highest BCUT2D eigenvalue weighted by molar-refractivity contribution is 5.81. The quantitative estimate of drug-likeness (QED) is 0.580. The number of hydrogen-bond acceptors (Lipinski definition) is 3. The van der Waals surface area contributed by atoms with Gasteiger partial charge < -0.3 is 15.5 Å². The second kappa shape index (κ2) is 10.9. The van der Waals surface area contributed by atoms with Gasteiger partial charge in [-0.3, -0.25) is 9.78 Å². The van der Waals surface area contributed by atoms with Crippen molar-refractivity contribution in [2.75, 3.05) is 13.1 Å². The maximum atomic E-state index is 13.9. The number of halogens is 1. The Kier molecular flexibility index (Phi) is 7.52. The number of urea groups is 1. The predicted octanol–water partition coefficient (Wildman–Crippen LogP) is 4.16. The number of nitrogens with zero attached hydrogens (tertiary/aromatic N) is 2. The van der Waals surface area contributed by atoms with Gasteiger partial charge in [0.15, 0.2) is 0 Å². The Morgan fingerprint density at radius 3 is 2.53 bits per heavy atom. The zero-order valence-electron chi connectivity index (χ0n) is 19.2. The minimum absolute atomic E-state index is 0.0684. The molecule has 1 aromatic heterocycles. The highest BCUT2D eigenvalue weighted by atomic mass is 19.1. The topological polar surface area (TPSA) is 74.3 Å². The molecule has 1 aliphatic heterocycles. The molecule has 6 nitrogen and oxygen atoms in total. The van der Waals surface area contributed by atoms with Crippen LogP contribution in [0.25, 0.3) is 0 Å². The van der Waals surface area contributed by atoms with E-state index in [0.717, 1.165) is 16.8 Å². The van der Waals surface area contributed by atoms with E-state index >= 15 is 0 Å². The van der Waals surface area contributed by atoms with E-state index in [-0.39, 0.29) is 29.6 Å². The molecule has 34 heavy (non-hydrogen) atoms. The Hall–Kier alpha value is -3.74. The normalized spacial score (nSPS) is 17.8. The molecule has 7 heteroatoms. The fourth-order valence-corrected chi connectivity index (χ4v) is 4.33. The van der Waals surface area contributed by atoms with Crippen LogP contribution >= 0.6 is 0 Å². The van der Waals surface area contributed by atoms with Crippen molar-refractivity contribution in [3.8, 4) is 0 Å². The van der Waals surface area contributed by atoms with Crippen LogP contribution in [0.5, 0.6) is 0 Å². The molecule has 0 spiro atoms. The van der Waals surface area contributed by atoms with Crippen molar-refractivity contribution in [3.63, 3.8) is 0 Å². The van der Waals surface area contributed by atoms with Crippen molar-refractivity contribution in [1.29, 1.82) is 0 Å². The number of aromatic nitrogens is 1. The van der Waals surface area contributed by atoms with Crippen molar-refractivity contribution in [2.24, 2.45) is 5.92 Å². The van der Waals surface area contributed by atoms with Crippen LogP contribution in [-0.4, -0.2) is 34.9 Å². The van der Waals surface area contributed by atoms with Gasteiger partial charge >= 0.3 is 6.03 Å². The molecule has 3 aromatic rings. The summed E-state index contributed by atoms with van der Waals surface area (Å²) in [5.41, 5.74) is 3.26. The van der Waals surface area contributed by atoms with Gasteiger partial charge in [-0.1, -0.05) is 48.5 Å². The molecule has 0 aliphatic carbocycles. The van der Waals surface area contributed by atoms with Crippen molar-refractivity contribution in [3.05, 3.63) is 101 Å². The van der Waals surface area contributed by atoms with Crippen LogP contribution in [0.4, 0.5) is 9.18 Å². The van der Waals surface area contributed by atoms with Gasteiger partial charge in [-0.05, 0) is 48.2 Å². The monoisotopic (exact) mass is 460 g/mol. The molecule has 0 bridgehead atoms. The van der Waals surface area contributed by atoms with Crippen LogP contribution in [0.1, 0.15) is 34.7 Å². The summed E-state index contributed by atoms with van der Waals surface area (Å²) in [5.74, 6) is -0.826. The summed E-state index contributed by atoms with van der Waals surface area (Å²) in [5, 5.41) is 5.92. The lowest BCUT2D eigenvalue weighted by atomic mass is 9.83. The van der Waals surface area contributed by atoms with Crippen molar-refractivity contribution < 1.29 is 14.0 Å². The number of piperidine rings is 1. The van der Waals surface area contributed by atoms with E-state index in [0.29, 0.717) is 38.2 Å². The largest absolute Gasteiger partial charge is 0.350 e. The zero-order chi connectivity index (χ0) is 23.9. The van der Waals surface area contributed by atoms with Crippen LogP contribution in [0.3, 0.4) is 0 Å². The van der Waals surface area contributed by atoms with Crippen molar-refractivity contribution in [2.45, 2.75) is 32.4 Å². The fourth-order valence-electron chi connectivity index (χ4n) is 4.33. The van der Waals surface area contributed by atoms with E-state index < -0.39 is 0 Å². The predicted molar refractivity (Wildman–Crippen MR) is 128 cm³/mol. The first-order valence-electron chi connectivity index (χ1n) is 11.5. The number of amides is 3. The van der Waals surface area contributed by atoms with E-state index in [1.807, 2.05) is 54.6 Å². The molecule has 2 heterocycles. The molecule has 3 amide bonds. The van der Waals surface area contributed by atoms with Gasteiger partial charge in [-0.15, -0.1) is 0 Å². The summed E-state index contributed by atoms with van der Waals surface area (Å²) in [6, 6.07) is 20.1. The third-order valence-electron chi connectivity index (χ3n) is 6.22. The Morgan fingerprint density at radius 2 is 1.79 bits per heavy atom. The summed E-state index contributed by atoms with van der Waals surface area (Å²) in [7, 11) is 0. The summed E-state index contributed by atoms with van der Waals surface area (Å²) >= 11 is 0. The third kappa shape index (κ3) is 5.98. The molecule has 1 saturated heterocycles. The van der Waals surface area contributed by atoms with Crippen LogP contribution < -0.4 is 10.6 Å². The van der Waals surface area contributed by atoms with Gasteiger partial charge in [-0.2, -0.15) is 0 Å². The van der Waals surface area contributed by atoms with Crippen LogP contribution in [0.2, 0.25) is 0 Å². The second-order valence-electron chi connectivity index (χ2n) is 8.73. The number of benzene rings is 2. The highest BCUT2D eigenvalue weighted by Crippen LogP contribution is 2.31. The van der Waals surface area contributed by atoms with Gasteiger partial charge in [0, 0.05) is 31.7 Å². The maximum absolute atomic E-state index is 13.9. The van der Waals surface area contributed by atoms with E-state index in [1.54, 1.807) is 24.1 Å². The average molecular weight is 461 g/mol. The van der Waals surface area contributed by atoms with Gasteiger partial charge in [-0.25, -0.2) is 9.18 Å². The molecular weight excluding hydrogens is 431 g/mol. The molecule has 2 N–H and O–H groups in total. The lowest BCUT2D eigenvalue weighted by molar-refractivity contribution is -0.126. The summed E-state index contributed by atoms with van der Waals surface area (Å²) in [6.07, 6.45) is 2.27. The van der Waals surface area contributed by atoms with Crippen LogP contribution in [0.15, 0.2) is 72.9 Å². The molecular formula is C27H29FN4O2. The number of pyridine rings is 1. The number of rotatable bonds is 6. The van der Waals surface area contributed by atoms with Gasteiger partial charge in [0.1, 0.15) is 5.82 Å². The molecule has 0 unspecified atom stereocenters. The number of nitrogens with one attached hydrogen (secondary N) is 2. The van der Waals surface area contributed by atoms with E-state index in [2.05, 4.69) is 15.6 Å². The number of carbonyl (C=O) groups excluding carboxylic acids is 2. The molecule has 2 atom stereocenters. The fraction of sp³-hybridized carbons (Fsp3) is 0.296. The lowest BCUT2D eigenvalue weighted by Gasteiger charge is -2.37. The maximum Gasteiger partial charge on any atom is 0.317 e. The highest BCUT2D eigenvalue weighted by Gasteiger charge is 2.34. The smallest absolute Gasteiger partial charge is 0.317 e. The second-order valence-corrected chi connectivity index (χ2v) is 8.73. The minimum Gasteiger partial charge on any atom is -0.350 e. The van der Waals surface area contributed by atoms with E-state index in [1.165, 1.54) is 6.07 Å². The molecule has 2 aromatic carbocycles. The SMILES string of the molecule is Cc1cc([C@@H]2C[C@@H](C(=O)NCc3ccccn3)CN(C(=O)NCc3ccccc3)C2)ccc1F. The molecule has 0 radical (unpaired) electrons. The summed E-state index contributed by atoms with van der Waals surface area (Å²) in [6.45, 7) is 3.26. The first kappa shape index (κ1) is 23.4. The van der Waals surface area contributed by atoms with Gasteiger partial charge in [0.25, 0.3) is 0 Å². The Morgan fingerprint density at radius 1 is 1.00 bits per heavy atom. The number of carbonyl (C=O) groups is 2. The van der Waals surface area contributed by atoms with E-state index in [4.69, 9.17) is 0 Å². The Bertz CT molecular complexity index is 1060. The number of aryl methyl sites for hydroxylation is 1. The molecule has 1 fully saturated rings. The van der Waals surface area contributed by atoms with Crippen LogP contribution in [0, 0.1) is 18.7 Å².